The highest BCUT2D eigenvalue weighted by Crippen LogP contribution is 2.39. The van der Waals surface area contributed by atoms with Crippen molar-refractivity contribution in [2.45, 2.75) is 108 Å². The molecule has 15 rings (SSSR count). The fourth-order valence-electron chi connectivity index (χ4n) is 12.6. The number of H-pyrrole nitrogens is 4. The van der Waals surface area contributed by atoms with E-state index in [1.54, 1.807) is 78.6 Å². The Bertz CT molecular complexity index is 5470. The fraction of sp³-hybridized carbons (Fsp3) is 0.324. The van der Waals surface area contributed by atoms with E-state index in [0.717, 1.165) is 41.6 Å². The van der Waals surface area contributed by atoms with Crippen molar-refractivity contribution in [2.24, 2.45) is 0 Å². The molecule has 113 heavy (non-hydrogen) atoms. The third kappa shape index (κ3) is 19.4. The molecule has 2 aliphatic heterocycles. The van der Waals surface area contributed by atoms with Crippen LogP contribution in [0.2, 0.25) is 20.1 Å². The summed E-state index contributed by atoms with van der Waals surface area (Å²) in [6.07, 6.45) is 10.3. The van der Waals surface area contributed by atoms with Crippen LogP contribution in [0.3, 0.4) is 0 Å². The zero-order valence-corrected chi connectivity index (χ0v) is 62.5. The lowest BCUT2D eigenvalue weighted by Crippen LogP contribution is -2.58. The molecule has 14 heterocycles. The van der Waals surface area contributed by atoms with Crippen LogP contribution in [-0.2, 0) is 19.2 Å². The van der Waals surface area contributed by atoms with Gasteiger partial charge in [-0.15, -0.1) is 0 Å². The monoisotopic (exact) mass is 1650 g/mol. The summed E-state index contributed by atoms with van der Waals surface area (Å²) in [6.45, 7) is 2.96. The standard InChI is InChI=1S/C18H15ClF4N6O.C18H17ClF2N6O.C18H18ClFN6O.C17H16ClF3N6O/c19-9-4-10-11(6-25-13(10)24-5-9)14-26-7-12(20)15(28-14)29-17(2-1-3-17)16(30)27-8-18(21,22)23;19-10-6-11-12(8-24-16(11)23-7-10)17-22-4-3-15(26-17)27-5-1-2-13(27)18(28)25-9-14(20)21;1-2-21-18(27)14-4-3-5-26(14)17-13(20)9-24-16(25-17)12-8-23-15-11(12)6-10(19)7-22-15;1-16(2,15(28)25-8-17(19,20)21)27-12-3-4-22-14(26-12)11-7-24-13-10(11)5-9(18)6-23-13/h4-7H,1-3,8H2,(H,24,25)(H,27,30)(H,26,28,29);3-4,6-8,13-14H,1-2,5,9H2,(H,23,24)(H,25,28);6-9,14H,2-5H2,1H3,(H,21,27)(H,22,23);3-7H,8H2,1-2H3,(H,23,24)(H,25,28)(H,22,26,27)/t;13-;14-;/m.11./s1. The van der Waals surface area contributed by atoms with Crippen LogP contribution in [0.25, 0.3) is 89.7 Å². The predicted octanol–water partition coefficient (Wildman–Crippen LogP) is 13.3. The Morgan fingerprint density at radius 1 is 0.540 bits per heavy atom. The summed E-state index contributed by atoms with van der Waals surface area (Å²) in [4.78, 5) is 116. The number of amides is 4. The smallest absolute Gasteiger partial charge is 0.356 e. The zero-order valence-electron chi connectivity index (χ0n) is 59.5. The van der Waals surface area contributed by atoms with Gasteiger partial charge >= 0.3 is 12.4 Å². The van der Waals surface area contributed by atoms with Crippen LogP contribution in [0, 0.1) is 11.6 Å². The largest absolute Gasteiger partial charge is 0.405 e. The van der Waals surface area contributed by atoms with E-state index < -0.39 is 90.9 Å². The lowest BCUT2D eigenvalue weighted by atomic mass is 9.76. The third-order valence-electron chi connectivity index (χ3n) is 18.1. The Balaban J connectivity index is 0.000000140. The van der Waals surface area contributed by atoms with Crippen LogP contribution in [0.5, 0.6) is 0 Å². The van der Waals surface area contributed by atoms with E-state index in [2.05, 4.69) is 101 Å². The van der Waals surface area contributed by atoms with Crippen LogP contribution < -0.4 is 41.7 Å². The Labute approximate surface area is 653 Å². The van der Waals surface area contributed by atoms with Gasteiger partial charge in [0, 0.05) is 125 Å². The molecule has 2 atom stereocenters. The molecule has 10 N–H and O–H groups in total. The maximum atomic E-state index is 14.5. The van der Waals surface area contributed by atoms with Crippen molar-refractivity contribution in [1.82, 2.24) is 101 Å². The molecule has 28 nitrogen and oxygen atoms in total. The summed E-state index contributed by atoms with van der Waals surface area (Å²) in [5, 5.41) is 19.0. The molecule has 42 heteroatoms. The number of likely N-dealkylation sites (N-methyl/N-ethyl adjacent to an activating group) is 1. The van der Waals surface area contributed by atoms with Crippen molar-refractivity contribution in [3.8, 4) is 45.6 Å². The summed E-state index contributed by atoms with van der Waals surface area (Å²) in [5.41, 5.74) is 2.32. The maximum Gasteiger partial charge on any atom is 0.405 e. The molecule has 0 unspecified atom stereocenters. The first-order valence-electron chi connectivity index (χ1n) is 34.7. The number of hydrogen-bond acceptors (Lipinski definition) is 20. The van der Waals surface area contributed by atoms with Gasteiger partial charge in [-0.2, -0.15) is 26.3 Å². The number of halogens is 14. The first kappa shape index (κ1) is 81.1. The number of pyridine rings is 4. The van der Waals surface area contributed by atoms with Gasteiger partial charge in [-0.25, -0.2) is 77.4 Å². The number of rotatable bonds is 19. The normalized spacial score (nSPS) is 15.4. The van der Waals surface area contributed by atoms with Gasteiger partial charge in [0.05, 0.1) is 39.0 Å². The Hall–Kier alpha value is -11.4. The van der Waals surface area contributed by atoms with E-state index in [1.165, 1.54) is 38.5 Å². The van der Waals surface area contributed by atoms with Gasteiger partial charge in [0.25, 0.3) is 6.43 Å². The van der Waals surface area contributed by atoms with Gasteiger partial charge in [0.15, 0.2) is 46.6 Å². The second kappa shape index (κ2) is 34.3. The average molecular weight is 1650 g/mol. The minimum Gasteiger partial charge on any atom is -0.356 e. The number of hydrogen-bond donors (Lipinski definition) is 10. The van der Waals surface area contributed by atoms with E-state index in [4.69, 9.17) is 46.4 Å². The second-order valence-corrected chi connectivity index (χ2v) is 28.2. The summed E-state index contributed by atoms with van der Waals surface area (Å²) >= 11 is 24.1. The molecule has 592 valence electrons. The molecular weight excluding hydrogens is 1580 g/mol. The maximum absolute atomic E-state index is 14.5. The highest BCUT2D eigenvalue weighted by atomic mass is 35.5. The molecule has 0 bridgehead atoms. The Kier molecular flexibility index (Phi) is 24.6. The molecule has 12 aromatic rings. The molecule has 2 saturated heterocycles. The van der Waals surface area contributed by atoms with Gasteiger partial charge in [-0.3, -0.25) is 19.2 Å². The minimum atomic E-state index is -4.54. The Morgan fingerprint density at radius 2 is 0.982 bits per heavy atom. The van der Waals surface area contributed by atoms with E-state index in [9.17, 15) is 63.1 Å². The van der Waals surface area contributed by atoms with Crippen LogP contribution in [0.1, 0.15) is 65.7 Å². The van der Waals surface area contributed by atoms with Gasteiger partial charge in [-0.05, 0) is 102 Å². The number of nitrogens with zero attached hydrogens (tertiary/aromatic N) is 14. The number of fused-ring (bicyclic) bond motifs is 4. The molecule has 1 saturated carbocycles. The lowest BCUT2D eigenvalue weighted by molar-refractivity contribution is -0.142. The molecule has 0 radical (unpaired) electrons. The van der Waals surface area contributed by atoms with Crippen molar-refractivity contribution >= 4 is 137 Å². The highest BCUT2D eigenvalue weighted by Gasteiger charge is 2.46. The quantitative estimate of drug-likeness (QED) is 0.0336. The molecule has 3 aliphatic rings. The summed E-state index contributed by atoms with van der Waals surface area (Å²) < 4.78 is 128. The highest BCUT2D eigenvalue weighted by molar-refractivity contribution is 6.32. The number of carbonyl (C=O) groups excluding carboxylic acids is 4. The minimum absolute atomic E-state index is 0.113. The van der Waals surface area contributed by atoms with E-state index >= 15 is 0 Å². The number of alkyl halides is 8. The first-order chi connectivity index (χ1) is 53.8. The van der Waals surface area contributed by atoms with Crippen molar-refractivity contribution < 1.29 is 63.1 Å². The number of aromatic nitrogens is 16. The molecule has 0 aromatic carbocycles. The topological polar surface area (TPSA) is 365 Å². The predicted molar refractivity (Wildman–Crippen MR) is 403 cm³/mol. The van der Waals surface area contributed by atoms with Crippen LogP contribution in [0.15, 0.2) is 111 Å². The van der Waals surface area contributed by atoms with Gasteiger partial charge < -0.3 is 61.6 Å². The van der Waals surface area contributed by atoms with Crippen LogP contribution in [-0.4, -0.2) is 185 Å². The molecule has 1 aliphatic carbocycles. The van der Waals surface area contributed by atoms with Crippen LogP contribution >= 0.6 is 46.4 Å². The number of anilines is 4. The summed E-state index contributed by atoms with van der Waals surface area (Å²) in [6, 6.07) is 9.17. The van der Waals surface area contributed by atoms with Gasteiger partial charge in [0.2, 0.25) is 23.6 Å². The SMILES string of the molecule is CC(C)(Nc1ccnc(-c2c[nH]c3ncc(Cl)cc23)n1)C(=O)NCC(F)(F)F.CCNC(=O)[C@H]1CCCN1c1nc(-c2c[nH]c3ncc(Cl)cc23)ncc1F.O=C(NCC(F)(F)F)C1(Nc2nc(-c3c[nH]c4ncc(Cl)cc34)ncc2F)CCC1.O=C(NCC(F)F)[C@H]1CCCN1c1ccnc(-c2c[nH]c3ncc(Cl)cc23)n1. The zero-order chi connectivity index (χ0) is 80.7. The van der Waals surface area contributed by atoms with Crippen molar-refractivity contribution in [2.75, 3.05) is 59.7 Å². The average Bonchev–Trinajstić information content (AvgIpc) is 1.76. The molecule has 0 spiro atoms. The van der Waals surface area contributed by atoms with Crippen molar-refractivity contribution in [3.05, 3.63) is 142 Å². The second-order valence-electron chi connectivity index (χ2n) is 26.4. The van der Waals surface area contributed by atoms with E-state index in [-0.39, 0.29) is 42.0 Å². The summed E-state index contributed by atoms with van der Waals surface area (Å²) in [7, 11) is 0. The molecule has 12 aromatic heterocycles. The van der Waals surface area contributed by atoms with E-state index in [1.807, 2.05) is 22.5 Å². The first-order valence-corrected chi connectivity index (χ1v) is 36.2. The van der Waals surface area contributed by atoms with Crippen molar-refractivity contribution in [3.63, 3.8) is 0 Å². The lowest BCUT2D eigenvalue weighted by Gasteiger charge is -2.41. The van der Waals surface area contributed by atoms with Gasteiger partial charge in [-0.1, -0.05) is 46.4 Å². The van der Waals surface area contributed by atoms with E-state index in [0.29, 0.717) is 132 Å². The number of nitrogens with one attached hydrogen (secondary N) is 10. The van der Waals surface area contributed by atoms with Gasteiger partial charge in [0.1, 0.15) is 70.5 Å². The Morgan fingerprint density at radius 3 is 1.46 bits per heavy atom. The van der Waals surface area contributed by atoms with Crippen molar-refractivity contribution in [1.29, 1.82) is 0 Å². The molecular formula is C71H66Cl4F10N24O4. The number of carbonyl (C=O) groups is 4. The number of aromatic amines is 4. The molecule has 3 fully saturated rings. The fourth-order valence-corrected chi connectivity index (χ4v) is 13.2. The van der Waals surface area contributed by atoms with Crippen LogP contribution in [0.4, 0.5) is 67.2 Å². The summed E-state index contributed by atoms with van der Waals surface area (Å²) in [5.74, 6) is -1.56. The third-order valence-corrected chi connectivity index (χ3v) is 18.9. The molecule has 4 amide bonds.